The number of fused-ring (bicyclic) bond motifs is 1. The van der Waals surface area contributed by atoms with Gasteiger partial charge in [-0.3, -0.25) is 9.20 Å². The smallest absolute Gasteiger partial charge is 0.288 e. The minimum atomic E-state index is -4.45. The number of carbonyl (C=O) groups excluding carboxylic acids is 1. The molecule has 0 aliphatic heterocycles. The molecule has 0 unspecified atom stereocenters. The van der Waals surface area contributed by atoms with Crippen LogP contribution in [0.3, 0.4) is 0 Å². The number of imidazole rings is 1. The second-order valence-electron chi connectivity index (χ2n) is 4.62. The summed E-state index contributed by atoms with van der Waals surface area (Å²) in [4.78, 5) is 16.6. The van der Waals surface area contributed by atoms with Gasteiger partial charge in [0, 0.05) is 17.1 Å². The molecule has 0 atom stereocenters. The van der Waals surface area contributed by atoms with E-state index in [1.54, 1.807) is 10.6 Å². The molecule has 0 saturated heterocycles. The summed E-state index contributed by atoms with van der Waals surface area (Å²) >= 11 is 7.35. The van der Waals surface area contributed by atoms with Crippen molar-refractivity contribution in [3.8, 4) is 0 Å². The standard InChI is InChI=1S/C14H8ClF3N4OS/c15-11-10(22-5-6-24-13(22)20-11)7-19-21-12(23)8-1-3-9(4-2-8)14(16,17)18/h1-7H,(H,21,23). The molecule has 0 aliphatic carbocycles. The van der Waals surface area contributed by atoms with Crippen LogP contribution in [0.5, 0.6) is 0 Å². The van der Waals surface area contributed by atoms with Crippen LogP contribution in [0.1, 0.15) is 21.6 Å². The van der Waals surface area contributed by atoms with Gasteiger partial charge in [0.1, 0.15) is 5.69 Å². The normalized spacial score (nSPS) is 12.2. The van der Waals surface area contributed by atoms with Crippen LogP contribution >= 0.6 is 22.9 Å². The van der Waals surface area contributed by atoms with Crippen molar-refractivity contribution >= 4 is 40.0 Å². The van der Waals surface area contributed by atoms with E-state index in [0.717, 1.165) is 24.3 Å². The lowest BCUT2D eigenvalue weighted by Gasteiger charge is -2.06. The molecule has 1 aromatic carbocycles. The molecule has 0 saturated carbocycles. The number of hydrogen-bond donors (Lipinski definition) is 1. The van der Waals surface area contributed by atoms with E-state index >= 15 is 0 Å². The van der Waals surface area contributed by atoms with Crippen molar-refractivity contribution in [3.63, 3.8) is 0 Å². The van der Waals surface area contributed by atoms with Crippen LogP contribution in [0.15, 0.2) is 40.9 Å². The number of nitrogens with zero attached hydrogens (tertiary/aromatic N) is 3. The zero-order valence-corrected chi connectivity index (χ0v) is 13.3. The van der Waals surface area contributed by atoms with E-state index in [1.165, 1.54) is 17.6 Å². The van der Waals surface area contributed by atoms with E-state index in [-0.39, 0.29) is 10.7 Å². The first-order valence-corrected chi connectivity index (χ1v) is 7.74. The van der Waals surface area contributed by atoms with E-state index < -0.39 is 17.6 Å². The number of amides is 1. The topological polar surface area (TPSA) is 58.8 Å². The lowest BCUT2D eigenvalue weighted by Crippen LogP contribution is -2.18. The third kappa shape index (κ3) is 3.26. The van der Waals surface area contributed by atoms with Crippen molar-refractivity contribution in [3.05, 3.63) is 57.8 Å². The Morgan fingerprint density at radius 3 is 2.71 bits per heavy atom. The number of benzene rings is 1. The molecule has 0 bridgehead atoms. The van der Waals surface area contributed by atoms with Crippen LogP contribution in [-0.2, 0) is 6.18 Å². The van der Waals surface area contributed by atoms with Gasteiger partial charge in [-0.15, -0.1) is 11.3 Å². The average Bonchev–Trinajstić information content (AvgIpc) is 3.08. The minimum Gasteiger partial charge on any atom is -0.288 e. The van der Waals surface area contributed by atoms with Gasteiger partial charge in [0.2, 0.25) is 0 Å². The Morgan fingerprint density at radius 2 is 2.04 bits per heavy atom. The predicted molar refractivity (Wildman–Crippen MR) is 84.6 cm³/mol. The van der Waals surface area contributed by atoms with Crippen LogP contribution in [0.2, 0.25) is 5.15 Å². The Hall–Kier alpha value is -2.39. The summed E-state index contributed by atoms with van der Waals surface area (Å²) in [5.41, 5.74) is 1.95. The van der Waals surface area contributed by atoms with Gasteiger partial charge in [-0.25, -0.2) is 10.4 Å². The zero-order chi connectivity index (χ0) is 17.3. The van der Waals surface area contributed by atoms with Crippen molar-refractivity contribution in [1.29, 1.82) is 0 Å². The summed E-state index contributed by atoms with van der Waals surface area (Å²) in [5, 5.41) is 5.81. The number of aromatic nitrogens is 2. The lowest BCUT2D eigenvalue weighted by atomic mass is 10.1. The molecule has 1 amide bonds. The maximum Gasteiger partial charge on any atom is 0.416 e. The van der Waals surface area contributed by atoms with E-state index in [9.17, 15) is 18.0 Å². The first-order chi connectivity index (χ1) is 11.4. The predicted octanol–water partition coefficient (Wildman–Crippen LogP) is 3.83. The van der Waals surface area contributed by atoms with Gasteiger partial charge in [-0.1, -0.05) is 11.6 Å². The quantitative estimate of drug-likeness (QED) is 0.561. The highest BCUT2D eigenvalue weighted by atomic mass is 35.5. The summed E-state index contributed by atoms with van der Waals surface area (Å²) in [6.45, 7) is 0. The molecule has 0 spiro atoms. The fourth-order valence-corrected chi connectivity index (χ4v) is 2.91. The molecule has 1 N–H and O–H groups in total. The first kappa shape index (κ1) is 16.5. The van der Waals surface area contributed by atoms with Gasteiger partial charge >= 0.3 is 6.18 Å². The first-order valence-electron chi connectivity index (χ1n) is 6.48. The van der Waals surface area contributed by atoms with Gasteiger partial charge in [0.15, 0.2) is 10.1 Å². The maximum atomic E-state index is 12.5. The lowest BCUT2D eigenvalue weighted by molar-refractivity contribution is -0.137. The van der Waals surface area contributed by atoms with Crippen molar-refractivity contribution < 1.29 is 18.0 Å². The van der Waals surface area contributed by atoms with Crippen molar-refractivity contribution in [2.24, 2.45) is 5.10 Å². The molecule has 10 heteroatoms. The minimum absolute atomic E-state index is 0.0558. The number of hydrazone groups is 1. The van der Waals surface area contributed by atoms with Gasteiger partial charge in [0.25, 0.3) is 5.91 Å². The van der Waals surface area contributed by atoms with Gasteiger partial charge in [-0.2, -0.15) is 18.3 Å². The number of nitrogens with one attached hydrogen (secondary N) is 1. The van der Waals surface area contributed by atoms with Crippen LogP contribution in [0.4, 0.5) is 13.2 Å². The van der Waals surface area contributed by atoms with Crippen LogP contribution in [0.25, 0.3) is 4.96 Å². The summed E-state index contributed by atoms with van der Waals surface area (Å²) in [6, 6.07) is 3.83. The summed E-state index contributed by atoms with van der Waals surface area (Å²) in [6.07, 6.45) is -1.38. The Bertz CT molecular complexity index is 914. The maximum absolute atomic E-state index is 12.5. The van der Waals surface area contributed by atoms with Crippen LogP contribution in [-0.4, -0.2) is 21.5 Å². The number of carbonyl (C=O) groups is 1. The van der Waals surface area contributed by atoms with Gasteiger partial charge in [-0.05, 0) is 24.3 Å². The van der Waals surface area contributed by atoms with Crippen LogP contribution in [0, 0.1) is 0 Å². The third-order valence-electron chi connectivity index (χ3n) is 3.08. The number of thiazole rings is 1. The molecule has 3 aromatic rings. The van der Waals surface area contributed by atoms with Gasteiger partial charge in [0.05, 0.1) is 11.8 Å². The number of halogens is 4. The Morgan fingerprint density at radius 1 is 1.33 bits per heavy atom. The van der Waals surface area contributed by atoms with Gasteiger partial charge < -0.3 is 0 Å². The molecule has 3 rings (SSSR count). The van der Waals surface area contributed by atoms with Crippen molar-refractivity contribution in [1.82, 2.24) is 14.8 Å². The zero-order valence-electron chi connectivity index (χ0n) is 11.7. The number of alkyl halides is 3. The SMILES string of the molecule is O=C(NN=Cc1c(Cl)nc2sccn12)c1ccc(C(F)(F)F)cc1. The van der Waals surface area contributed by atoms with Crippen molar-refractivity contribution in [2.75, 3.05) is 0 Å². The molecule has 2 aromatic heterocycles. The molecule has 5 nitrogen and oxygen atoms in total. The summed E-state index contributed by atoms with van der Waals surface area (Å²) < 4.78 is 39.1. The molecular weight excluding hydrogens is 365 g/mol. The second-order valence-corrected chi connectivity index (χ2v) is 5.85. The average molecular weight is 373 g/mol. The van der Waals surface area contributed by atoms with E-state index in [0.29, 0.717) is 10.7 Å². The molecule has 24 heavy (non-hydrogen) atoms. The Kier molecular flexibility index (Phi) is 4.29. The highest BCUT2D eigenvalue weighted by Crippen LogP contribution is 2.29. The fraction of sp³-hybridized carbons (Fsp3) is 0.0714. The molecule has 124 valence electrons. The molecule has 2 heterocycles. The summed E-state index contributed by atoms with van der Waals surface area (Å²) in [5.74, 6) is -0.637. The Balaban J connectivity index is 1.71. The molecular formula is C14H8ClF3N4OS. The number of rotatable bonds is 3. The molecule has 0 radical (unpaired) electrons. The largest absolute Gasteiger partial charge is 0.416 e. The second kappa shape index (κ2) is 6.25. The number of hydrogen-bond acceptors (Lipinski definition) is 4. The van der Waals surface area contributed by atoms with E-state index in [1.807, 2.05) is 5.38 Å². The summed E-state index contributed by atoms with van der Waals surface area (Å²) in [7, 11) is 0. The van der Waals surface area contributed by atoms with E-state index in [2.05, 4.69) is 15.5 Å². The third-order valence-corrected chi connectivity index (χ3v) is 4.12. The highest BCUT2D eigenvalue weighted by molar-refractivity contribution is 7.15. The van der Waals surface area contributed by atoms with Crippen molar-refractivity contribution in [2.45, 2.75) is 6.18 Å². The van der Waals surface area contributed by atoms with E-state index in [4.69, 9.17) is 11.6 Å². The molecule has 0 aliphatic rings. The van der Waals surface area contributed by atoms with Crippen LogP contribution < -0.4 is 5.43 Å². The Labute approximate surface area is 142 Å². The highest BCUT2D eigenvalue weighted by Gasteiger charge is 2.30. The molecule has 0 fully saturated rings. The fourth-order valence-electron chi connectivity index (χ4n) is 1.92. The monoisotopic (exact) mass is 372 g/mol.